The van der Waals surface area contributed by atoms with Gasteiger partial charge in [0.2, 0.25) is 11.8 Å². The monoisotopic (exact) mass is 385 g/mol. The van der Waals surface area contributed by atoms with Gasteiger partial charge in [0.25, 0.3) is 0 Å². The first-order valence-corrected chi connectivity index (χ1v) is 8.91. The minimum atomic E-state index is -0.342. The van der Waals surface area contributed by atoms with Crippen LogP contribution in [0, 0.1) is 5.82 Å². The molecule has 1 aromatic carbocycles. The van der Waals surface area contributed by atoms with Crippen molar-refractivity contribution in [1.29, 1.82) is 0 Å². The van der Waals surface area contributed by atoms with Crippen LogP contribution in [0.15, 0.2) is 52.3 Å². The average Bonchev–Trinajstić information content (AvgIpc) is 3.28. The van der Waals surface area contributed by atoms with E-state index in [0.717, 1.165) is 0 Å². The standard InChI is InChI=1S/C19H16FN3O3S/c1-12(24)21-10-15-7-8-17(26-15)16-11-27-19(22-16)23-18(25)9-4-13-2-5-14(20)6-3-13/h2-9,11H,10H2,1H3,(H,21,24)(H,22,23,25)/b9-4+. The van der Waals surface area contributed by atoms with Crippen LogP contribution in [0.1, 0.15) is 18.2 Å². The van der Waals surface area contributed by atoms with Gasteiger partial charge in [0.05, 0.1) is 6.54 Å². The van der Waals surface area contributed by atoms with Crippen LogP contribution in [0.5, 0.6) is 0 Å². The van der Waals surface area contributed by atoms with E-state index in [9.17, 15) is 14.0 Å². The largest absolute Gasteiger partial charge is 0.458 e. The van der Waals surface area contributed by atoms with Gasteiger partial charge in [-0.05, 0) is 35.9 Å². The van der Waals surface area contributed by atoms with E-state index in [1.165, 1.54) is 36.5 Å². The Kier molecular flexibility index (Phi) is 5.77. The molecule has 0 aliphatic heterocycles. The van der Waals surface area contributed by atoms with E-state index in [0.29, 0.717) is 34.5 Å². The molecule has 0 fully saturated rings. The number of hydrogen-bond donors (Lipinski definition) is 2. The molecule has 0 bridgehead atoms. The van der Waals surface area contributed by atoms with Crippen molar-refractivity contribution in [3.63, 3.8) is 0 Å². The van der Waals surface area contributed by atoms with Crippen molar-refractivity contribution in [3.05, 3.63) is 65.0 Å². The van der Waals surface area contributed by atoms with Crippen LogP contribution in [0.3, 0.4) is 0 Å². The molecule has 0 radical (unpaired) electrons. The minimum absolute atomic E-state index is 0.139. The third-order valence-electron chi connectivity index (χ3n) is 3.46. The summed E-state index contributed by atoms with van der Waals surface area (Å²) in [6.07, 6.45) is 2.94. The molecule has 0 atom stereocenters. The number of anilines is 1. The molecule has 138 valence electrons. The first-order valence-electron chi connectivity index (χ1n) is 8.03. The highest BCUT2D eigenvalue weighted by molar-refractivity contribution is 7.14. The summed E-state index contributed by atoms with van der Waals surface area (Å²) in [4.78, 5) is 27.2. The summed E-state index contributed by atoms with van der Waals surface area (Å²) < 4.78 is 18.5. The fourth-order valence-electron chi connectivity index (χ4n) is 2.16. The van der Waals surface area contributed by atoms with E-state index in [4.69, 9.17) is 4.42 Å². The van der Waals surface area contributed by atoms with Crippen molar-refractivity contribution in [1.82, 2.24) is 10.3 Å². The average molecular weight is 385 g/mol. The number of thiazole rings is 1. The number of nitrogens with zero attached hydrogens (tertiary/aromatic N) is 1. The second-order valence-corrected chi connectivity index (χ2v) is 6.45. The molecular weight excluding hydrogens is 369 g/mol. The fraction of sp³-hybridized carbons (Fsp3) is 0.105. The van der Waals surface area contributed by atoms with Gasteiger partial charge in [-0.2, -0.15) is 0 Å². The Hall–Kier alpha value is -3.26. The third-order valence-corrected chi connectivity index (χ3v) is 4.21. The lowest BCUT2D eigenvalue weighted by atomic mass is 10.2. The van der Waals surface area contributed by atoms with Crippen LogP contribution >= 0.6 is 11.3 Å². The number of nitrogens with one attached hydrogen (secondary N) is 2. The zero-order valence-corrected chi connectivity index (χ0v) is 15.2. The van der Waals surface area contributed by atoms with Crippen molar-refractivity contribution < 1.29 is 18.4 Å². The van der Waals surface area contributed by atoms with E-state index < -0.39 is 0 Å². The Morgan fingerprint density at radius 1 is 1.22 bits per heavy atom. The van der Waals surface area contributed by atoms with E-state index in [1.54, 1.807) is 35.7 Å². The number of aromatic nitrogens is 1. The highest BCUT2D eigenvalue weighted by atomic mass is 32.1. The van der Waals surface area contributed by atoms with Gasteiger partial charge in [-0.3, -0.25) is 14.9 Å². The highest BCUT2D eigenvalue weighted by Crippen LogP contribution is 2.26. The summed E-state index contributed by atoms with van der Waals surface area (Å²) in [5.41, 5.74) is 1.31. The Morgan fingerprint density at radius 3 is 2.74 bits per heavy atom. The van der Waals surface area contributed by atoms with Crippen molar-refractivity contribution in [2.24, 2.45) is 0 Å². The first kappa shape index (κ1) is 18.5. The van der Waals surface area contributed by atoms with Crippen LogP contribution in [-0.4, -0.2) is 16.8 Å². The molecule has 3 rings (SSSR count). The van der Waals surface area contributed by atoms with Gasteiger partial charge in [0.15, 0.2) is 10.9 Å². The molecule has 0 spiro atoms. The topological polar surface area (TPSA) is 84.2 Å². The quantitative estimate of drug-likeness (QED) is 0.632. The van der Waals surface area contributed by atoms with Gasteiger partial charge in [-0.1, -0.05) is 12.1 Å². The normalized spacial score (nSPS) is 10.9. The molecule has 0 saturated carbocycles. The van der Waals surface area contributed by atoms with E-state index in [1.807, 2.05) is 0 Å². The smallest absolute Gasteiger partial charge is 0.250 e. The van der Waals surface area contributed by atoms with Crippen LogP contribution in [-0.2, 0) is 16.1 Å². The molecule has 2 amide bonds. The minimum Gasteiger partial charge on any atom is -0.458 e. The maximum Gasteiger partial charge on any atom is 0.250 e. The molecule has 2 N–H and O–H groups in total. The van der Waals surface area contributed by atoms with E-state index in [-0.39, 0.29) is 17.6 Å². The highest BCUT2D eigenvalue weighted by Gasteiger charge is 2.10. The number of carbonyl (C=O) groups is 2. The molecular formula is C19H16FN3O3S. The lowest BCUT2D eigenvalue weighted by Gasteiger charge is -1.97. The van der Waals surface area contributed by atoms with Crippen LogP contribution < -0.4 is 10.6 Å². The van der Waals surface area contributed by atoms with Crippen molar-refractivity contribution >= 4 is 34.4 Å². The zero-order valence-electron chi connectivity index (χ0n) is 14.4. The molecule has 2 heterocycles. The molecule has 6 nitrogen and oxygen atoms in total. The number of benzene rings is 1. The number of hydrogen-bond acceptors (Lipinski definition) is 5. The molecule has 3 aromatic rings. The maximum absolute atomic E-state index is 12.9. The predicted molar refractivity (Wildman–Crippen MR) is 101 cm³/mol. The molecule has 8 heteroatoms. The number of rotatable bonds is 6. The number of carbonyl (C=O) groups excluding carboxylic acids is 2. The van der Waals surface area contributed by atoms with Crippen LogP contribution in [0.25, 0.3) is 17.5 Å². The summed E-state index contributed by atoms with van der Waals surface area (Å²) in [5, 5.41) is 7.52. The van der Waals surface area contributed by atoms with Crippen molar-refractivity contribution in [2.75, 3.05) is 5.32 Å². The van der Waals surface area contributed by atoms with Gasteiger partial charge in [-0.15, -0.1) is 11.3 Å². The second-order valence-electron chi connectivity index (χ2n) is 5.59. The van der Waals surface area contributed by atoms with Crippen LogP contribution in [0.4, 0.5) is 9.52 Å². The SMILES string of the molecule is CC(=O)NCc1ccc(-c2csc(NC(=O)/C=C/c3ccc(F)cc3)n2)o1. The van der Waals surface area contributed by atoms with Gasteiger partial charge in [0.1, 0.15) is 17.3 Å². The number of amides is 2. The van der Waals surface area contributed by atoms with Crippen molar-refractivity contribution in [2.45, 2.75) is 13.5 Å². The summed E-state index contributed by atoms with van der Waals surface area (Å²) in [7, 11) is 0. The fourth-order valence-corrected chi connectivity index (χ4v) is 2.86. The predicted octanol–water partition coefficient (Wildman–Crippen LogP) is 3.83. The van der Waals surface area contributed by atoms with Crippen LogP contribution in [0.2, 0.25) is 0 Å². The third kappa shape index (κ3) is 5.35. The van der Waals surface area contributed by atoms with Gasteiger partial charge in [0, 0.05) is 18.4 Å². The lowest BCUT2D eigenvalue weighted by Crippen LogP contribution is -2.18. The molecule has 0 unspecified atom stereocenters. The van der Waals surface area contributed by atoms with E-state index >= 15 is 0 Å². The first-order chi connectivity index (χ1) is 13.0. The Balaban J connectivity index is 1.59. The number of halogens is 1. The summed E-state index contributed by atoms with van der Waals surface area (Å²) >= 11 is 1.27. The lowest BCUT2D eigenvalue weighted by molar-refractivity contribution is -0.119. The molecule has 0 aliphatic rings. The Morgan fingerprint density at radius 2 is 2.00 bits per heavy atom. The molecule has 0 saturated heterocycles. The maximum atomic E-state index is 12.9. The number of furan rings is 1. The van der Waals surface area contributed by atoms with Gasteiger partial charge in [-0.25, -0.2) is 9.37 Å². The molecule has 27 heavy (non-hydrogen) atoms. The van der Waals surface area contributed by atoms with Gasteiger partial charge < -0.3 is 9.73 Å². The summed E-state index contributed by atoms with van der Waals surface area (Å²) in [6.45, 7) is 1.74. The Bertz CT molecular complexity index is 976. The summed E-state index contributed by atoms with van der Waals surface area (Å²) in [6, 6.07) is 9.33. The summed E-state index contributed by atoms with van der Waals surface area (Å²) in [5.74, 6) is 0.353. The van der Waals surface area contributed by atoms with Crippen molar-refractivity contribution in [3.8, 4) is 11.5 Å². The molecule has 2 aromatic heterocycles. The second kappa shape index (κ2) is 8.41. The Labute approximate surface area is 158 Å². The zero-order chi connectivity index (χ0) is 19.2. The van der Waals surface area contributed by atoms with E-state index in [2.05, 4.69) is 15.6 Å². The molecule has 0 aliphatic carbocycles. The van der Waals surface area contributed by atoms with Gasteiger partial charge >= 0.3 is 0 Å².